The fourth-order valence-electron chi connectivity index (χ4n) is 2.74. The molecule has 0 bridgehead atoms. The van der Waals surface area contributed by atoms with Crippen molar-refractivity contribution in [2.24, 2.45) is 0 Å². The molecule has 0 aliphatic heterocycles. The van der Waals surface area contributed by atoms with E-state index >= 15 is 0 Å². The van der Waals surface area contributed by atoms with Gasteiger partial charge in [-0.15, -0.1) is 0 Å². The average molecular weight is 342 g/mol. The third kappa shape index (κ3) is 3.17. The van der Waals surface area contributed by atoms with Crippen molar-refractivity contribution in [3.8, 4) is 16.9 Å². The van der Waals surface area contributed by atoms with Gasteiger partial charge >= 0.3 is 0 Å². The van der Waals surface area contributed by atoms with Crippen molar-refractivity contribution in [2.45, 2.75) is 26.8 Å². The van der Waals surface area contributed by atoms with E-state index < -0.39 is 5.82 Å². The molecule has 0 aliphatic carbocycles. The number of amides is 1. The van der Waals surface area contributed by atoms with E-state index in [2.05, 4.69) is 15.3 Å². The van der Waals surface area contributed by atoms with Gasteiger partial charge < -0.3 is 14.6 Å². The zero-order valence-corrected chi connectivity index (χ0v) is 14.5. The van der Waals surface area contributed by atoms with Crippen molar-refractivity contribution in [1.29, 1.82) is 0 Å². The summed E-state index contributed by atoms with van der Waals surface area (Å²) in [4.78, 5) is 19.6. The Morgan fingerprint density at radius 2 is 2.04 bits per heavy atom. The maximum atomic E-state index is 14.6. The Balaban J connectivity index is 2.21. The quantitative estimate of drug-likeness (QED) is 0.783. The number of nitrogens with one attached hydrogen (secondary N) is 1. The van der Waals surface area contributed by atoms with Gasteiger partial charge in [0, 0.05) is 18.5 Å². The molecule has 6 nitrogen and oxygen atoms in total. The number of imidazole rings is 1. The van der Waals surface area contributed by atoms with Crippen LogP contribution in [0.15, 0.2) is 30.7 Å². The van der Waals surface area contributed by atoms with Crippen molar-refractivity contribution >= 4 is 22.8 Å². The van der Waals surface area contributed by atoms with Gasteiger partial charge in [-0.3, -0.25) is 4.79 Å². The molecule has 0 saturated heterocycles. The largest absolute Gasteiger partial charge is 0.494 e. The second kappa shape index (κ2) is 6.51. The van der Waals surface area contributed by atoms with Gasteiger partial charge in [0.25, 0.3) is 0 Å². The zero-order chi connectivity index (χ0) is 18.1. The molecular weight excluding hydrogens is 323 g/mol. The molecule has 1 aromatic carbocycles. The highest BCUT2D eigenvalue weighted by atomic mass is 19.1. The SMILES string of the molecule is COc1cnc(NC(C)=O)cc1-c1cc(F)c2ncn(C(C)C)c2c1. The van der Waals surface area contributed by atoms with Crippen LogP contribution in [0.5, 0.6) is 5.75 Å². The molecule has 25 heavy (non-hydrogen) atoms. The number of hydrogen-bond donors (Lipinski definition) is 1. The van der Waals surface area contributed by atoms with Gasteiger partial charge in [-0.2, -0.15) is 0 Å². The molecule has 130 valence electrons. The molecule has 1 N–H and O–H groups in total. The van der Waals surface area contributed by atoms with E-state index in [0.29, 0.717) is 33.7 Å². The predicted molar refractivity (Wildman–Crippen MR) is 94.2 cm³/mol. The number of rotatable bonds is 4. The van der Waals surface area contributed by atoms with Crippen LogP contribution in [0, 0.1) is 5.82 Å². The van der Waals surface area contributed by atoms with Gasteiger partial charge in [0.1, 0.15) is 17.1 Å². The number of aromatic nitrogens is 3. The maximum Gasteiger partial charge on any atom is 0.222 e. The molecule has 0 aliphatic rings. The van der Waals surface area contributed by atoms with Crippen molar-refractivity contribution < 1.29 is 13.9 Å². The van der Waals surface area contributed by atoms with Gasteiger partial charge in [0.05, 0.1) is 25.2 Å². The molecule has 7 heteroatoms. The molecular formula is C18H19FN4O2. The van der Waals surface area contributed by atoms with E-state index in [-0.39, 0.29) is 11.9 Å². The summed E-state index contributed by atoms with van der Waals surface area (Å²) in [5.74, 6) is 0.222. The second-order valence-electron chi connectivity index (χ2n) is 6.02. The Labute approximate surface area is 144 Å². The summed E-state index contributed by atoms with van der Waals surface area (Å²) in [6.45, 7) is 5.42. The lowest BCUT2D eigenvalue weighted by Crippen LogP contribution is -2.07. The molecule has 0 spiro atoms. The molecule has 2 aromatic heterocycles. The van der Waals surface area contributed by atoms with Crippen LogP contribution < -0.4 is 10.1 Å². The van der Waals surface area contributed by atoms with Crippen LogP contribution in [0.1, 0.15) is 26.8 Å². The van der Waals surface area contributed by atoms with Crippen molar-refractivity contribution in [2.75, 3.05) is 12.4 Å². The normalized spacial score (nSPS) is 11.1. The third-order valence-corrected chi connectivity index (χ3v) is 3.89. The smallest absolute Gasteiger partial charge is 0.222 e. The third-order valence-electron chi connectivity index (χ3n) is 3.89. The second-order valence-corrected chi connectivity index (χ2v) is 6.02. The van der Waals surface area contributed by atoms with Crippen molar-refractivity contribution in [1.82, 2.24) is 14.5 Å². The van der Waals surface area contributed by atoms with Gasteiger partial charge in [-0.05, 0) is 37.6 Å². The number of anilines is 1. The number of carbonyl (C=O) groups excluding carboxylic acids is 1. The van der Waals surface area contributed by atoms with E-state index in [1.165, 1.54) is 26.3 Å². The predicted octanol–water partition coefficient (Wildman–Crippen LogP) is 3.79. The number of carbonyl (C=O) groups is 1. The first-order chi connectivity index (χ1) is 11.9. The fourth-order valence-corrected chi connectivity index (χ4v) is 2.74. The average Bonchev–Trinajstić information content (AvgIpc) is 2.99. The lowest BCUT2D eigenvalue weighted by atomic mass is 10.0. The fraction of sp³-hybridized carbons (Fsp3) is 0.278. The molecule has 0 saturated carbocycles. The highest BCUT2D eigenvalue weighted by Gasteiger charge is 2.16. The van der Waals surface area contributed by atoms with Crippen LogP contribution in [0.25, 0.3) is 22.2 Å². The summed E-state index contributed by atoms with van der Waals surface area (Å²) in [7, 11) is 1.52. The Kier molecular flexibility index (Phi) is 4.39. The first kappa shape index (κ1) is 16.9. The lowest BCUT2D eigenvalue weighted by molar-refractivity contribution is -0.114. The molecule has 3 aromatic rings. The Bertz CT molecular complexity index is 950. The Morgan fingerprint density at radius 3 is 2.68 bits per heavy atom. The Morgan fingerprint density at radius 1 is 1.28 bits per heavy atom. The van der Waals surface area contributed by atoms with E-state index in [1.807, 2.05) is 24.5 Å². The molecule has 3 rings (SSSR count). The summed E-state index contributed by atoms with van der Waals surface area (Å²) < 4.78 is 21.8. The first-order valence-corrected chi connectivity index (χ1v) is 7.88. The number of pyridine rings is 1. The van der Waals surface area contributed by atoms with E-state index in [1.54, 1.807) is 12.4 Å². The van der Waals surface area contributed by atoms with Crippen LogP contribution in [-0.2, 0) is 4.79 Å². The number of hydrogen-bond acceptors (Lipinski definition) is 4. The van der Waals surface area contributed by atoms with Crippen LogP contribution >= 0.6 is 0 Å². The zero-order valence-electron chi connectivity index (χ0n) is 14.5. The first-order valence-electron chi connectivity index (χ1n) is 7.88. The van der Waals surface area contributed by atoms with Gasteiger partial charge in [-0.25, -0.2) is 14.4 Å². The number of halogens is 1. The number of nitrogens with zero attached hydrogens (tertiary/aromatic N) is 3. The topological polar surface area (TPSA) is 69.0 Å². The lowest BCUT2D eigenvalue weighted by Gasteiger charge is -2.13. The summed E-state index contributed by atoms with van der Waals surface area (Å²) in [5, 5.41) is 2.63. The van der Waals surface area contributed by atoms with Crippen LogP contribution in [-0.4, -0.2) is 27.6 Å². The van der Waals surface area contributed by atoms with E-state index in [0.717, 1.165) is 0 Å². The molecule has 0 fully saturated rings. The number of ether oxygens (including phenoxy) is 1. The molecule has 1 amide bonds. The van der Waals surface area contributed by atoms with E-state index in [4.69, 9.17) is 4.74 Å². The van der Waals surface area contributed by atoms with Crippen LogP contribution in [0.3, 0.4) is 0 Å². The minimum absolute atomic E-state index is 0.147. The number of methoxy groups -OCH3 is 1. The van der Waals surface area contributed by atoms with Crippen molar-refractivity contribution in [3.63, 3.8) is 0 Å². The number of benzene rings is 1. The summed E-state index contributed by atoms with van der Waals surface area (Å²) in [5.41, 5.74) is 2.29. The van der Waals surface area contributed by atoms with Gasteiger partial charge in [0.2, 0.25) is 5.91 Å². The number of fused-ring (bicyclic) bond motifs is 1. The molecule has 2 heterocycles. The van der Waals surface area contributed by atoms with E-state index in [9.17, 15) is 9.18 Å². The van der Waals surface area contributed by atoms with Gasteiger partial charge in [-0.1, -0.05) is 0 Å². The Hall–Kier alpha value is -2.96. The molecule has 0 radical (unpaired) electrons. The summed E-state index contributed by atoms with van der Waals surface area (Å²) >= 11 is 0. The minimum atomic E-state index is -0.410. The monoisotopic (exact) mass is 342 g/mol. The maximum absolute atomic E-state index is 14.6. The molecule has 0 atom stereocenters. The minimum Gasteiger partial charge on any atom is -0.494 e. The van der Waals surface area contributed by atoms with Crippen LogP contribution in [0.2, 0.25) is 0 Å². The summed E-state index contributed by atoms with van der Waals surface area (Å²) in [6, 6.07) is 5.08. The highest BCUT2D eigenvalue weighted by Crippen LogP contribution is 2.34. The molecule has 0 unspecified atom stereocenters. The summed E-state index contributed by atoms with van der Waals surface area (Å²) in [6.07, 6.45) is 3.14. The van der Waals surface area contributed by atoms with Gasteiger partial charge in [0.15, 0.2) is 5.82 Å². The van der Waals surface area contributed by atoms with Crippen molar-refractivity contribution in [3.05, 3.63) is 36.5 Å². The van der Waals surface area contributed by atoms with Crippen LogP contribution in [0.4, 0.5) is 10.2 Å². The standard InChI is InChI=1S/C18H19FN4O2/c1-10(2)23-9-21-18-14(19)5-12(6-15(18)23)13-7-17(22-11(3)24)20-8-16(13)25-4/h5-10H,1-4H3,(H,20,22,24). The highest BCUT2D eigenvalue weighted by molar-refractivity contribution is 5.90.